The van der Waals surface area contributed by atoms with E-state index in [1.165, 1.54) is 49.4 Å². The molecular weight excluding hydrogens is 360 g/mol. The zero-order valence-electron chi connectivity index (χ0n) is 13.5. The third kappa shape index (κ3) is 3.52. The van der Waals surface area contributed by atoms with E-state index in [0.717, 1.165) is 0 Å². The van der Waals surface area contributed by atoms with Gasteiger partial charge in [-0.15, -0.1) is 0 Å². The number of rotatable bonds is 4. The summed E-state index contributed by atoms with van der Waals surface area (Å²) in [6.45, 7) is 1.34. The quantitative estimate of drug-likeness (QED) is 0.602. The first-order valence-electron chi connectivity index (χ1n) is 7.42. The van der Waals surface area contributed by atoms with Crippen LogP contribution in [0.5, 0.6) is 5.75 Å². The first-order valence-corrected chi connectivity index (χ1v) is 8.91. The number of hydrogen-bond donors (Lipinski definition) is 3. The summed E-state index contributed by atoms with van der Waals surface area (Å²) in [5.74, 6) is -0.502. The lowest BCUT2D eigenvalue weighted by molar-refractivity contribution is -0.114. The van der Waals surface area contributed by atoms with Crippen LogP contribution in [0.1, 0.15) is 6.92 Å². The zero-order chi connectivity index (χ0) is 18.9. The molecule has 0 bridgehead atoms. The van der Waals surface area contributed by atoms with Gasteiger partial charge in [0.1, 0.15) is 5.69 Å². The first-order chi connectivity index (χ1) is 12.3. The molecule has 3 N–H and O–H groups in total. The summed E-state index contributed by atoms with van der Waals surface area (Å²) in [7, 11) is -4.05. The molecule has 0 aliphatic carbocycles. The lowest BCUT2D eigenvalue weighted by Gasteiger charge is -2.09. The Balaban J connectivity index is 1.94. The van der Waals surface area contributed by atoms with Crippen LogP contribution in [-0.4, -0.2) is 19.4 Å². The molecule has 0 fully saturated rings. The van der Waals surface area contributed by atoms with Crippen LogP contribution in [0.15, 0.2) is 62.6 Å². The van der Waals surface area contributed by atoms with Crippen LogP contribution in [0, 0.1) is 0 Å². The number of fused-ring (bicyclic) bond motifs is 1. The van der Waals surface area contributed by atoms with Crippen LogP contribution in [0.4, 0.5) is 11.4 Å². The standard InChI is InChI=1S/C17H14N2O6S/c1-10(20)18-12-5-7-13(8-6-12)26(23,24)19-14-9-11-3-2-4-15(21)16(11)25-17(14)22/h2-9,19,21H,1H3,(H,18,20). The van der Waals surface area contributed by atoms with E-state index in [1.54, 1.807) is 6.07 Å². The Hall–Kier alpha value is -3.33. The molecule has 2 aromatic carbocycles. The van der Waals surface area contributed by atoms with Crippen LogP contribution in [0.3, 0.4) is 0 Å². The van der Waals surface area contributed by atoms with E-state index in [1.807, 2.05) is 0 Å². The molecule has 3 rings (SSSR count). The molecule has 26 heavy (non-hydrogen) atoms. The normalized spacial score (nSPS) is 11.3. The molecule has 0 aliphatic heterocycles. The van der Waals surface area contributed by atoms with Crippen LogP contribution < -0.4 is 15.7 Å². The Morgan fingerprint density at radius 2 is 1.81 bits per heavy atom. The topological polar surface area (TPSA) is 126 Å². The van der Waals surface area contributed by atoms with Gasteiger partial charge in [0.25, 0.3) is 10.0 Å². The molecule has 0 unspecified atom stereocenters. The van der Waals surface area contributed by atoms with E-state index < -0.39 is 15.6 Å². The molecule has 0 aliphatic rings. The Labute approximate surface area is 148 Å². The summed E-state index contributed by atoms with van der Waals surface area (Å²) in [4.78, 5) is 22.9. The third-order valence-corrected chi connectivity index (χ3v) is 4.85. The second-order valence-electron chi connectivity index (χ2n) is 5.45. The van der Waals surface area contributed by atoms with Gasteiger partial charge in [0.15, 0.2) is 11.3 Å². The minimum atomic E-state index is -4.05. The molecule has 0 radical (unpaired) electrons. The van der Waals surface area contributed by atoms with E-state index in [4.69, 9.17) is 4.42 Å². The summed E-state index contributed by atoms with van der Waals surface area (Å²) in [5.41, 5.74) is -0.802. The van der Waals surface area contributed by atoms with Crippen molar-refractivity contribution >= 4 is 38.3 Å². The average molecular weight is 374 g/mol. The molecule has 1 aromatic heterocycles. The van der Waals surface area contributed by atoms with Crippen molar-refractivity contribution in [2.75, 3.05) is 10.0 Å². The third-order valence-electron chi connectivity index (χ3n) is 3.47. The van der Waals surface area contributed by atoms with Crippen molar-refractivity contribution in [1.82, 2.24) is 0 Å². The fraction of sp³-hybridized carbons (Fsp3) is 0.0588. The number of carbonyl (C=O) groups excluding carboxylic acids is 1. The maximum atomic E-state index is 12.5. The van der Waals surface area contributed by atoms with E-state index in [9.17, 15) is 23.1 Å². The van der Waals surface area contributed by atoms with Crippen LogP contribution in [-0.2, 0) is 14.8 Å². The maximum Gasteiger partial charge on any atom is 0.360 e. The summed E-state index contributed by atoms with van der Waals surface area (Å²) in [6.07, 6.45) is 0. The molecule has 9 heteroatoms. The second kappa shape index (κ2) is 6.52. The van der Waals surface area contributed by atoms with Crippen LogP contribution in [0.2, 0.25) is 0 Å². The highest BCUT2D eigenvalue weighted by Crippen LogP contribution is 2.25. The van der Waals surface area contributed by atoms with Gasteiger partial charge in [-0.3, -0.25) is 9.52 Å². The molecular formula is C17H14N2O6S. The van der Waals surface area contributed by atoms with Crippen LogP contribution in [0.25, 0.3) is 11.0 Å². The van der Waals surface area contributed by atoms with E-state index in [-0.39, 0.29) is 27.8 Å². The fourth-order valence-corrected chi connectivity index (χ4v) is 3.37. The predicted molar refractivity (Wildman–Crippen MR) is 95.7 cm³/mol. The number of hydrogen-bond acceptors (Lipinski definition) is 6. The smallest absolute Gasteiger partial charge is 0.360 e. The summed E-state index contributed by atoms with van der Waals surface area (Å²) < 4.78 is 32.1. The minimum absolute atomic E-state index is 0.0277. The number of para-hydroxylation sites is 1. The second-order valence-corrected chi connectivity index (χ2v) is 7.14. The molecule has 8 nitrogen and oxygen atoms in total. The van der Waals surface area contributed by atoms with Crippen molar-refractivity contribution in [1.29, 1.82) is 0 Å². The summed E-state index contributed by atoms with van der Waals surface area (Å²) >= 11 is 0. The van der Waals surface area contributed by atoms with Crippen LogP contribution >= 0.6 is 0 Å². The number of sulfonamides is 1. The van der Waals surface area contributed by atoms with Crippen molar-refractivity contribution in [2.24, 2.45) is 0 Å². The first kappa shape index (κ1) is 17.5. The number of phenolic OH excluding ortho intramolecular Hbond substituents is 1. The molecule has 0 atom stereocenters. The molecule has 134 valence electrons. The highest BCUT2D eigenvalue weighted by molar-refractivity contribution is 7.92. The molecule has 3 aromatic rings. The van der Waals surface area contributed by atoms with Crippen molar-refractivity contribution in [3.63, 3.8) is 0 Å². The minimum Gasteiger partial charge on any atom is -0.504 e. The largest absolute Gasteiger partial charge is 0.504 e. The summed E-state index contributed by atoms with van der Waals surface area (Å²) in [5, 5.41) is 12.6. The van der Waals surface area contributed by atoms with Gasteiger partial charge in [-0.25, -0.2) is 13.2 Å². The average Bonchev–Trinajstić information content (AvgIpc) is 2.56. The highest BCUT2D eigenvalue weighted by Gasteiger charge is 2.18. The predicted octanol–water partition coefficient (Wildman–Crippen LogP) is 2.26. The van der Waals surface area contributed by atoms with Gasteiger partial charge < -0.3 is 14.8 Å². The number of anilines is 2. The van der Waals surface area contributed by atoms with Gasteiger partial charge in [0, 0.05) is 18.0 Å². The number of carbonyl (C=O) groups is 1. The molecule has 0 saturated heterocycles. The Morgan fingerprint density at radius 1 is 1.12 bits per heavy atom. The fourth-order valence-electron chi connectivity index (χ4n) is 2.32. The number of nitrogens with one attached hydrogen (secondary N) is 2. The monoisotopic (exact) mass is 374 g/mol. The van der Waals surface area contributed by atoms with Crippen molar-refractivity contribution in [3.8, 4) is 5.75 Å². The number of phenols is 1. The van der Waals surface area contributed by atoms with Gasteiger partial charge in [0.05, 0.1) is 4.90 Å². The van der Waals surface area contributed by atoms with Crippen molar-refractivity contribution in [3.05, 3.63) is 59.0 Å². The molecule has 0 spiro atoms. The highest BCUT2D eigenvalue weighted by atomic mass is 32.2. The lowest BCUT2D eigenvalue weighted by Crippen LogP contribution is -2.18. The van der Waals surface area contributed by atoms with Crippen molar-refractivity contribution < 1.29 is 22.7 Å². The Kier molecular flexibility index (Phi) is 4.39. The lowest BCUT2D eigenvalue weighted by atomic mass is 10.2. The van der Waals surface area contributed by atoms with E-state index >= 15 is 0 Å². The van der Waals surface area contributed by atoms with Crippen molar-refractivity contribution in [2.45, 2.75) is 11.8 Å². The SMILES string of the molecule is CC(=O)Nc1ccc(S(=O)(=O)Nc2cc3cccc(O)c3oc2=O)cc1. The van der Waals surface area contributed by atoms with Gasteiger partial charge in [0.2, 0.25) is 5.91 Å². The Morgan fingerprint density at radius 3 is 2.46 bits per heavy atom. The molecule has 1 heterocycles. The van der Waals surface area contributed by atoms with Gasteiger partial charge >= 0.3 is 5.63 Å². The van der Waals surface area contributed by atoms with E-state index in [0.29, 0.717) is 11.1 Å². The number of amides is 1. The van der Waals surface area contributed by atoms with E-state index in [2.05, 4.69) is 10.0 Å². The van der Waals surface area contributed by atoms with Gasteiger partial charge in [-0.05, 0) is 36.4 Å². The Bertz CT molecular complexity index is 1150. The zero-order valence-corrected chi connectivity index (χ0v) is 14.3. The molecule has 1 amide bonds. The van der Waals surface area contributed by atoms with Gasteiger partial charge in [-0.2, -0.15) is 0 Å². The summed E-state index contributed by atoms with van der Waals surface area (Å²) in [6, 6.07) is 11.2. The molecule has 0 saturated carbocycles. The maximum absolute atomic E-state index is 12.5. The number of benzene rings is 2. The van der Waals surface area contributed by atoms with Gasteiger partial charge in [-0.1, -0.05) is 12.1 Å². The number of aromatic hydroxyl groups is 1.